The number of nitriles is 1. The van der Waals surface area contributed by atoms with Crippen molar-refractivity contribution in [3.63, 3.8) is 0 Å². The second-order valence-electron chi connectivity index (χ2n) is 5.46. The van der Waals surface area contributed by atoms with Crippen LogP contribution in [0.1, 0.15) is 12.5 Å². The Labute approximate surface area is 151 Å². The lowest BCUT2D eigenvalue weighted by Gasteiger charge is -2.12. The van der Waals surface area contributed by atoms with Crippen molar-refractivity contribution in [3.05, 3.63) is 54.1 Å². The molecule has 0 fully saturated rings. The van der Waals surface area contributed by atoms with Gasteiger partial charge in [0.25, 0.3) is 0 Å². The molecule has 130 valence electrons. The maximum atomic E-state index is 11.0. The molecule has 0 saturated heterocycles. The predicted molar refractivity (Wildman–Crippen MR) is 98.7 cm³/mol. The van der Waals surface area contributed by atoms with Gasteiger partial charge in [-0.3, -0.25) is 4.79 Å². The molecule has 25 heavy (non-hydrogen) atoms. The Balaban J connectivity index is 1.74. The van der Waals surface area contributed by atoms with Gasteiger partial charge in [-0.15, -0.1) is 11.8 Å². The van der Waals surface area contributed by atoms with Crippen LogP contribution in [0.15, 0.2) is 53.4 Å². The zero-order valence-corrected chi connectivity index (χ0v) is 14.8. The van der Waals surface area contributed by atoms with Crippen molar-refractivity contribution < 1.29 is 14.6 Å². The summed E-state index contributed by atoms with van der Waals surface area (Å²) in [4.78, 5) is 12.0. The third-order valence-corrected chi connectivity index (χ3v) is 4.42. The Morgan fingerprint density at radius 2 is 1.92 bits per heavy atom. The SMILES string of the molecule is CC(=O)Nc1ccc(SC[C@H](O)COc2ccc(CC#N)cc2)cc1. The molecule has 1 amide bonds. The number of amides is 1. The molecule has 0 spiro atoms. The Hall–Kier alpha value is -2.49. The van der Waals surface area contributed by atoms with Crippen LogP contribution in [0.5, 0.6) is 5.75 Å². The van der Waals surface area contributed by atoms with Crippen LogP contribution in [-0.2, 0) is 11.2 Å². The number of ether oxygens (including phenoxy) is 1. The molecule has 5 nitrogen and oxygen atoms in total. The number of anilines is 1. The quantitative estimate of drug-likeness (QED) is 0.710. The third kappa shape index (κ3) is 6.87. The smallest absolute Gasteiger partial charge is 0.221 e. The van der Waals surface area contributed by atoms with Gasteiger partial charge in [0.1, 0.15) is 12.4 Å². The molecule has 0 radical (unpaired) electrons. The summed E-state index contributed by atoms with van der Waals surface area (Å²) in [5, 5.41) is 21.4. The second kappa shape index (κ2) is 9.72. The molecule has 2 aromatic rings. The van der Waals surface area contributed by atoms with Crippen molar-refractivity contribution in [2.75, 3.05) is 17.7 Å². The molecule has 0 heterocycles. The fourth-order valence-electron chi connectivity index (χ4n) is 2.07. The van der Waals surface area contributed by atoms with Crippen LogP contribution in [0.4, 0.5) is 5.69 Å². The van der Waals surface area contributed by atoms with Gasteiger partial charge in [-0.25, -0.2) is 0 Å². The summed E-state index contributed by atoms with van der Waals surface area (Å²) in [6, 6.07) is 16.8. The summed E-state index contributed by atoms with van der Waals surface area (Å²) in [6.07, 6.45) is -0.223. The summed E-state index contributed by atoms with van der Waals surface area (Å²) in [5.41, 5.74) is 1.69. The van der Waals surface area contributed by atoms with Crippen LogP contribution in [0, 0.1) is 11.3 Å². The van der Waals surface area contributed by atoms with Crippen molar-refractivity contribution in [1.82, 2.24) is 0 Å². The Bertz CT molecular complexity index is 724. The maximum absolute atomic E-state index is 11.0. The average Bonchev–Trinajstić information content (AvgIpc) is 2.60. The zero-order chi connectivity index (χ0) is 18.1. The number of benzene rings is 2. The van der Waals surface area contributed by atoms with E-state index in [2.05, 4.69) is 11.4 Å². The van der Waals surface area contributed by atoms with Crippen molar-refractivity contribution in [1.29, 1.82) is 5.26 Å². The van der Waals surface area contributed by atoms with E-state index in [-0.39, 0.29) is 12.5 Å². The topological polar surface area (TPSA) is 82.3 Å². The molecule has 6 heteroatoms. The fourth-order valence-corrected chi connectivity index (χ4v) is 2.88. The molecule has 0 bridgehead atoms. The summed E-state index contributed by atoms with van der Waals surface area (Å²) in [5.74, 6) is 1.07. The highest BCUT2D eigenvalue weighted by Crippen LogP contribution is 2.21. The zero-order valence-electron chi connectivity index (χ0n) is 13.9. The van der Waals surface area contributed by atoms with Gasteiger partial charge in [0, 0.05) is 23.3 Å². The monoisotopic (exact) mass is 356 g/mol. The lowest BCUT2D eigenvalue weighted by atomic mass is 10.2. The first-order chi connectivity index (χ1) is 12.1. The van der Waals surface area contributed by atoms with Crippen molar-refractivity contribution in [2.45, 2.75) is 24.3 Å². The highest BCUT2D eigenvalue weighted by atomic mass is 32.2. The molecule has 0 saturated carbocycles. The van der Waals surface area contributed by atoms with Crippen LogP contribution in [0.3, 0.4) is 0 Å². The van der Waals surface area contributed by atoms with Crippen LogP contribution in [-0.4, -0.2) is 29.5 Å². The molecule has 0 unspecified atom stereocenters. The van der Waals surface area contributed by atoms with Crippen molar-refractivity contribution >= 4 is 23.4 Å². The summed E-state index contributed by atoms with van der Waals surface area (Å²) in [6.45, 7) is 1.67. The van der Waals surface area contributed by atoms with Crippen molar-refractivity contribution in [3.8, 4) is 11.8 Å². The molecular weight excluding hydrogens is 336 g/mol. The van der Waals surface area contributed by atoms with Gasteiger partial charge in [0.15, 0.2) is 0 Å². The lowest BCUT2D eigenvalue weighted by Crippen LogP contribution is -2.20. The maximum Gasteiger partial charge on any atom is 0.221 e. The molecule has 0 aliphatic rings. The van der Waals surface area contributed by atoms with E-state index in [4.69, 9.17) is 10.00 Å². The van der Waals surface area contributed by atoms with Crippen LogP contribution in [0.25, 0.3) is 0 Å². The van der Waals surface area contributed by atoms with Gasteiger partial charge in [0.05, 0.1) is 18.6 Å². The van der Waals surface area contributed by atoms with Crippen LogP contribution in [0.2, 0.25) is 0 Å². The standard InChI is InChI=1S/C19H20N2O3S/c1-14(22)21-16-4-8-19(9-5-16)25-13-17(23)12-24-18-6-2-15(3-7-18)10-11-20/h2-9,17,23H,10,12-13H2,1H3,(H,21,22)/t17-/m1/s1. The number of rotatable bonds is 8. The molecule has 0 aliphatic heterocycles. The molecule has 2 rings (SSSR count). The number of hydrogen-bond acceptors (Lipinski definition) is 5. The minimum absolute atomic E-state index is 0.103. The predicted octanol–water partition coefficient (Wildman–Crippen LogP) is 3.24. The number of aliphatic hydroxyl groups is 1. The normalized spacial score (nSPS) is 11.4. The minimum atomic E-state index is -0.598. The molecular formula is C19H20N2O3S. The van der Waals surface area contributed by atoms with E-state index in [1.54, 1.807) is 12.1 Å². The van der Waals surface area contributed by atoms with E-state index >= 15 is 0 Å². The number of hydrogen-bond donors (Lipinski definition) is 2. The first kappa shape index (κ1) is 18.8. The largest absolute Gasteiger partial charge is 0.491 e. The van der Waals surface area contributed by atoms with E-state index in [9.17, 15) is 9.90 Å². The van der Waals surface area contributed by atoms with Gasteiger partial charge in [0.2, 0.25) is 5.91 Å². The number of aliphatic hydroxyl groups excluding tert-OH is 1. The molecule has 1 atom stereocenters. The molecule has 0 aromatic heterocycles. The van der Waals surface area contributed by atoms with Crippen LogP contribution < -0.4 is 10.1 Å². The van der Waals surface area contributed by atoms with E-state index in [1.165, 1.54) is 18.7 Å². The van der Waals surface area contributed by atoms with Crippen molar-refractivity contribution in [2.24, 2.45) is 0 Å². The van der Waals surface area contributed by atoms with Gasteiger partial charge < -0.3 is 15.2 Å². The highest BCUT2D eigenvalue weighted by molar-refractivity contribution is 7.99. The van der Waals surface area contributed by atoms with E-state index in [0.717, 1.165) is 16.1 Å². The number of thioether (sulfide) groups is 1. The number of nitrogens with zero attached hydrogens (tertiary/aromatic N) is 1. The van der Waals surface area contributed by atoms with E-state index in [1.807, 2.05) is 36.4 Å². The number of carbonyl (C=O) groups excluding carboxylic acids is 1. The fraction of sp³-hybridized carbons (Fsp3) is 0.263. The highest BCUT2D eigenvalue weighted by Gasteiger charge is 2.07. The first-order valence-electron chi connectivity index (χ1n) is 7.84. The number of carbonyl (C=O) groups is 1. The van der Waals surface area contributed by atoms with Crippen LogP contribution >= 0.6 is 11.8 Å². The summed E-state index contributed by atoms with van der Waals surface area (Å²) >= 11 is 1.52. The summed E-state index contributed by atoms with van der Waals surface area (Å²) in [7, 11) is 0. The molecule has 2 N–H and O–H groups in total. The number of nitrogens with one attached hydrogen (secondary N) is 1. The Kier molecular flexibility index (Phi) is 7.33. The minimum Gasteiger partial charge on any atom is -0.491 e. The molecule has 0 aliphatic carbocycles. The van der Waals surface area contributed by atoms with Gasteiger partial charge in [-0.1, -0.05) is 12.1 Å². The van der Waals surface area contributed by atoms with E-state index in [0.29, 0.717) is 17.9 Å². The Morgan fingerprint density at radius 1 is 1.24 bits per heavy atom. The Morgan fingerprint density at radius 3 is 2.52 bits per heavy atom. The van der Waals surface area contributed by atoms with Gasteiger partial charge in [-0.05, 0) is 42.0 Å². The average molecular weight is 356 g/mol. The van der Waals surface area contributed by atoms with Gasteiger partial charge in [-0.2, -0.15) is 5.26 Å². The third-order valence-electron chi connectivity index (χ3n) is 3.27. The van der Waals surface area contributed by atoms with Gasteiger partial charge >= 0.3 is 0 Å². The second-order valence-corrected chi connectivity index (χ2v) is 6.55. The van der Waals surface area contributed by atoms with E-state index < -0.39 is 6.10 Å². The lowest BCUT2D eigenvalue weighted by molar-refractivity contribution is -0.114. The molecule has 2 aromatic carbocycles. The first-order valence-corrected chi connectivity index (χ1v) is 8.82. The summed E-state index contributed by atoms with van der Waals surface area (Å²) < 4.78 is 5.56.